The molecule has 0 saturated carbocycles. The van der Waals surface area contributed by atoms with E-state index in [2.05, 4.69) is 4.99 Å². The smallest absolute Gasteiger partial charge is 0.338 e. The lowest BCUT2D eigenvalue weighted by molar-refractivity contribution is -0.136. The highest BCUT2D eigenvalue weighted by atomic mass is 35.5. The predicted octanol–water partition coefficient (Wildman–Crippen LogP) is 5.30. The van der Waals surface area contributed by atoms with E-state index in [-0.39, 0.29) is 12.2 Å². The number of allylic oxidation sites excluding steroid dienone is 1. The van der Waals surface area contributed by atoms with Gasteiger partial charge in [0.2, 0.25) is 0 Å². The highest BCUT2D eigenvalue weighted by Crippen LogP contribution is 2.32. The van der Waals surface area contributed by atoms with Gasteiger partial charge in [-0.3, -0.25) is 9.36 Å². The summed E-state index contributed by atoms with van der Waals surface area (Å²) in [5.74, 6) is 0.497. The van der Waals surface area contributed by atoms with Crippen LogP contribution in [0, 0.1) is 0 Å². The molecular formula is C30H24Cl2N2O5S. The molecule has 5 rings (SSSR count). The zero-order chi connectivity index (χ0) is 28.4. The van der Waals surface area contributed by atoms with Gasteiger partial charge in [-0.15, -0.1) is 0 Å². The van der Waals surface area contributed by atoms with Gasteiger partial charge in [0.1, 0.15) is 6.61 Å². The monoisotopic (exact) mass is 594 g/mol. The second kappa shape index (κ2) is 11.7. The van der Waals surface area contributed by atoms with E-state index in [1.165, 1.54) is 18.4 Å². The van der Waals surface area contributed by atoms with E-state index >= 15 is 0 Å². The molecule has 0 radical (unpaired) electrons. The van der Waals surface area contributed by atoms with Crippen LogP contribution in [0.1, 0.15) is 29.7 Å². The Kier molecular flexibility index (Phi) is 8.12. The lowest BCUT2D eigenvalue weighted by Gasteiger charge is -2.24. The Hall–Kier alpha value is -3.85. The molecule has 2 heterocycles. The van der Waals surface area contributed by atoms with Crippen molar-refractivity contribution >= 4 is 46.6 Å². The van der Waals surface area contributed by atoms with Crippen molar-refractivity contribution in [2.45, 2.75) is 19.6 Å². The number of thiazole rings is 1. The Morgan fingerprint density at radius 2 is 1.82 bits per heavy atom. The lowest BCUT2D eigenvalue weighted by atomic mass is 9.96. The third-order valence-corrected chi connectivity index (χ3v) is 8.00. The van der Waals surface area contributed by atoms with Gasteiger partial charge in [-0.2, -0.15) is 0 Å². The third kappa shape index (κ3) is 5.43. The van der Waals surface area contributed by atoms with Crippen molar-refractivity contribution in [2.75, 3.05) is 14.2 Å². The van der Waals surface area contributed by atoms with Crippen LogP contribution in [0.25, 0.3) is 6.08 Å². The third-order valence-electron chi connectivity index (χ3n) is 6.43. The van der Waals surface area contributed by atoms with Crippen LogP contribution in [0.3, 0.4) is 0 Å². The molecule has 1 aromatic heterocycles. The number of halogens is 2. The second-order valence-electron chi connectivity index (χ2n) is 8.92. The molecule has 10 heteroatoms. The minimum absolute atomic E-state index is 0.228. The lowest BCUT2D eigenvalue weighted by Crippen LogP contribution is -2.39. The fraction of sp³-hybridized carbons (Fsp3) is 0.167. The zero-order valence-electron chi connectivity index (χ0n) is 21.8. The summed E-state index contributed by atoms with van der Waals surface area (Å²) in [7, 11) is 2.87. The first-order chi connectivity index (χ1) is 19.3. The van der Waals surface area contributed by atoms with E-state index < -0.39 is 12.0 Å². The molecule has 40 heavy (non-hydrogen) atoms. The van der Waals surface area contributed by atoms with Gasteiger partial charge in [-0.25, -0.2) is 9.79 Å². The Balaban J connectivity index is 1.52. The van der Waals surface area contributed by atoms with Crippen molar-refractivity contribution in [3.63, 3.8) is 0 Å². The highest BCUT2D eigenvalue weighted by Gasteiger charge is 2.32. The normalized spacial score (nSPS) is 14.9. The number of carbonyl (C=O) groups excluding carboxylic acids is 1. The van der Waals surface area contributed by atoms with Crippen LogP contribution in [0.4, 0.5) is 0 Å². The fourth-order valence-electron chi connectivity index (χ4n) is 4.48. The van der Waals surface area contributed by atoms with Crippen molar-refractivity contribution in [2.24, 2.45) is 4.99 Å². The van der Waals surface area contributed by atoms with Gasteiger partial charge in [0.05, 0.1) is 36.1 Å². The van der Waals surface area contributed by atoms with Crippen LogP contribution in [0.15, 0.2) is 87.8 Å². The van der Waals surface area contributed by atoms with Crippen LogP contribution in [-0.2, 0) is 16.1 Å². The van der Waals surface area contributed by atoms with Crippen molar-refractivity contribution in [3.8, 4) is 11.5 Å². The summed E-state index contributed by atoms with van der Waals surface area (Å²) in [6.45, 7) is 1.98. The number of methoxy groups -OCH3 is 2. The van der Waals surface area contributed by atoms with Crippen LogP contribution >= 0.6 is 34.5 Å². The molecule has 0 bridgehead atoms. The Labute approximate surface area is 244 Å². The molecular weight excluding hydrogens is 571 g/mol. The number of nitrogens with zero attached hydrogens (tertiary/aromatic N) is 2. The van der Waals surface area contributed by atoms with Gasteiger partial charge in [0.25, 0.3) is 5.56 Å². The maximum atomic E-state index is 13.7. The largest absolute Gasteiger partial charge is 0.493 e. The molecule has 0 fully saturated rings. The van der Waals surface area contributed by atoms with Gasteiger partial charge in [0, 0.05) is 15.6 Å². The average Bonchev–Trinajstić information content (AvgIpc) is 3.26. The number of rotatable bonds is 7. The summed E-state index contributed by atoms with van der Waals surface area (Å²) < 4.78 is 18.6. The molecule has 0 N–H and O–H groups in total. The molecule has 0 aliphatic carbocycles. The van der Waals surface area contributed by atoms with E-state index in [9.17, 15) is 9.59 Å². The average molecular weight is 596 g/mol. The minimum atomic E-state index is -0.656. The Bertz CT molecular complexity index is 1810. The quantitative estimate of drug-likeness (QED) is 0.271. The van der Waals surface area contributed by atoms with Gasteiger partial charge >= 0.3 is 5.97 Å². The number of hydrogen-bond acceptors (Lipinski definition) is 7. The summed E-state index contributed by atoms with van der Waals surface area (Å²) in [5.41, 5.74) is 2.89. The van der Waals surface area contributed by atoms with Crippen molar-refractivity contribution in [1.29, 1.82) is 0 Å². The number of esters is 1. The molecule has 1 atom stereocenters. The molecule has 4 aromatic rings. The zero-order valence-corrected chi connectivity index (χ0v) is 24.1. The summed E-state index contributed by atoms with van der Waals surface area (Å²) in [6, 6.07) is 19.3. The van der Waals surface area contributed by atoms with Crippen molar-refractivity contribution in [1.82, 2.24) is 4.57 Å². The maximum Gasteiger partial charge on any atom is 0.338 e. The van der Waals surface area contributed by atoms with Crippen molar-refractivity contribution in [3.05, 3.63) is 124 Å². The first-order valence-electron chi connectivity index (χ1n) is 12.2. The topological polar surface area (TPSA) is 79.1 Å². The number of hydrogen-bond donors (Lipinski definition) is 0. The molecule has 0 unspecified atom stereocenters. The minimum Gasteiger partial charge on any atom is -0.493 e. The van der Waals surface area contributed by atoms with Crippen LogP contribution in [0.5, 0.6) is 11.5 Å². The van der Waals surface area contributed by atoms with Crippen LogP contribution in [-0.4, -0.2) is 24.8 Å². The number of benzene rings is 3. The van der Waals surface area contributed by atoms with Crippen LogP contribution in [0.2, 0.25) is 10.0 Å². The predicted molar refractivity (Wildman–Crippen MR) is 156 cm³/mol. The first kappa shape index (κ1) is 27.7. The molecule has 204 valence electrons. The van der Waals surface area contributed by atoms with Gasteiger partial charge in [-0.1, -0.05) is 77.0 Å². The van der Waals surface area contributed by atoms with Crippen molar-refractivity contribution < 1.29 is 19.0 Å². The molecule has 7 nitrogen and oxygen atoms in total. The van der Waals surface area contributed by atoms with E-state index in [0.29, 0.717) is 42.1 Å². The highest BCUT2D eigenvalue weighted by molar-refractivity contribution is 7.07. The summed E-state index contributed by atoms with van der Waals surface area (Å²) in [5, 5.41) is 1.06. The standard InChI is InChI=1S/C30H24Cl2N2O5S/c1-17-26(29(36)38-3)27(19-7-5-4-6-8-19)34-28(35)25(40-30(34)33-17)14-18-9-12-23(24(13-18)37-2)39-16-20-10-11-21(31)15-22(20)32/h4-15,27H,16H2,1-3H3/b25-14-/t27-/m0/s1. The summed E-state index contributed by atoms with van der Waals surface area (Å²) in [6.07, 6.45) is 1.77. The van der Waals surface area contributed by atoms with Gasteiger partial charge < -0.3 is 14.2 Å². The molecule has 3 aromatic carbocycles. The maximum absolute atomic E-state index is 13.7. The summed E-state index contributed by atoms with van der Waals surface area (Å²) >= 11 is 13.5. The fourth-order valence-corrected chi connectivity index (χ4v) is 5.99. The molecule has 1 aliphatic rings. The van der Waals surface area contributed by atoms with E-state index in [0.717, 1.165) is 16.7 Å². The number of ether oxygens (including phenoxy) is 3. The van der Waals surface area contributed by atoms with E-state index in [1.54, 1.807) is 55.0 Å². The van der Waals surface area contributed by atoms with E-state index in [4.69, 9.17) is 37.4 Å². The van der Waals surface area contributed by atoms with Gasteiger partial charge in [0.15, 0.2) is 16.3 Å². The first-order valence-corrected chi connectivity index (χ1v) is 13.8. The number of aromatic nitrogens is 1. The number of fused-ring (bicyclic) bond motifs is 1. The molecule has 0 saturated heterocycles. The van der Waals surface area contributed by atoms with E-state index in [1.807, 2.05) is 36.4 Å². The Morgan fingerprint density at radius 1 is 1.05 bits per heavy atom. The van der Waals surface area contributed by atoms with Gasteiger partial charge in [-0.05, 0) is 48.4 Å². The van der Waals surface area contributed by atoms with Crippen LogP contribution < -0.4 is 24.4 Å². The Morgan fingerprint density at radius 3 is 2.52 bits per heavy atom. The molecule has 0 amide bonds. The SMILES string of the molecule is COC(=O)C1=C(C)N=c2s/c(=C\c3ccc(OCc4ccc(Cl)cc4Cl)c(OC)c3)c(=O)n2[C@H]1c1ccccc1. The molecule has 1 aliphatic heterocycles. The summed E-state index contributed by atoms with van der Waals surface area (Å²) in [4.78, 5) is 31.6. The number of carbonyl (C=O) groups is 1. The second-order valence-corrected chi connectivity index (χ2v) is 10.8. The molecule has 0 spiro atoms.